The second-order valence-electron chi connectivity index (χ2n) is 6.82. The smallest absolute Gasteiger partial charge is 0.253 e. The predicted molar refractivity (Wildman–Crippen MR) is 115 cm³/mol. The number of nitriles is 1. The average molecular weight is 407 g/mol. The molecule has 1 aromatic rings. The fraction of sp³-hybridized carbons (Fsp3) is 0.273. The number of allylic oxidation sites excluding steroid dienone is 6. The monoisotopic (exact) mass is 406 g/mol. The Morgan fingerprint density at radius 2 is 2.14 bits per heavy atom. The van der Waals surface area contributed by atoms with E-state index in [0.717, 1.165) is 33.9 Å². The maximum atomic E-state index is 12.7. The summed E-state index contributed by atoms with van der Waals surface area (Å²) in [5.41, 5.74) is 4.16. The van der Waals surface area contributed by atoms with Crippen molar-refractivity contribution in [1.82, 2.24) is 14.6 Å². The lowest BCUT2D eigenvalue weighted by atomic mass is 10.1. The van der Waals surface area contributed by atoms with Crippen molar-refractivity contribution in [1.29, 1.82) is 5.26 Å². The molecule has 1 aromatic heterocycles. The van der Waals surface area contributed by atoms with Crippen LogP contribution in [0.2, 0.25) is 0 Å². The van der Waals surface area contributed by atoms with Crippen LogP contribution in [0.4, 0.5) is 0 Å². The minimum absolute atomic E-state index is 0.0646. The van der Waals surface area contributed by atoms with Crippen molar-refractivity contribution >= 4 is 29.6 Å². The Kier molecular flexibility index (Phi) is 6.03. The van der Waals surface area contributed by atoms with Gasteiger partial charge in [-0.1, -0.05) is 36.5 Å². The first-order valence-electron chi connectivity index (χ1n) is 9.62. The van der Waals surface area contributed by atoms with Crippen molar-refractivity contribution in [2.45, 2.75) is 12.8 Å². The van der Waals surface area contributed by atoms with Crippen LogP contribution in [0.3, 0.4) is 0 Å². The molecular formula is C22H22N4O2S. The van der Waals surface area contributed by atoms with Gasteiger partial charge in [0.05, 0.1) is 30.2 Å². The fourth-order valence-corrected chi connectivity index (χ4v) is 4.14. The maximum Gasteiger partial charge on any atom is 0.253 e. The molecule has 6 nitrogen and oxygen atoms in total. The summed E-state index contributed by atoms with van der Waals surface area (Å²) in [4.78, 5) is 18.8. The van der Waals surface area contributed by atoms with Crippen LogP contribution in [0.5, 0.6) is 0 Å². The molecule has 3 aliphatic rings. The van der Waals surface area contributed by atoms with E-state index < -0.39 is 0 Å². The van der Waals surface area contributed by atoms with Gasteiger partial charge in [0.25, 0.3) is 5.91 Å². The van der Waals surface area contributed by atoms with Crippen LogP contribution in [0.1, 0.15) is 29.7 Å². The van der Waals surface area contributed by atoms with E-state index in [4.69, 9.17) is 4.74 Å². The van der Waals surface area contributed by atoms with Gasteiger partial charge >= 0.3 is 0 Å². The van der Waals surface area contributed by atoms with Crippen LogP contribution >= 0.6 is 11.9 Å². The molecule has 0 atom stereocenters. The van der Waals surface area contributed by atoms with Gasteiger partial charge in [-0.3, -0.25) is 4.79 Å². The number of hydrogen-bond acceptors (Lipinski definition) is 5. The van der Waals surface area contributed by atoms with E-state index in [1.807, 2.05) is 41.4 Å². The van der Waals surface area contributed by atoms with Crippen molar-refractivity contribution < 1.29 is 9.53 Å². The van der Waals surface area contributed by atoms with Gasteiger partial charge in [0.1, 0.15) is 6.07 Å². The number of carbonyl (C=O) groups excluding carboxylic acids is 1. The van der Waals surface area contributed by atoms with Crippen LogP contribution in [0.25, 0.3) is 11.8 Å². The van der Waals surface area contributed by atoms with Crippen molar-refractivity contribution in [3.8, 4) is 6.07 Å². The van der Waals surface area contributed by atoms with Gasteiger partial charge in [-0.05, 0) is 30.9 Å². The third kappa shape index (κ3) is 4.39. The summed E-state index contributed by atoms with van der Waals surface area (Å²) in [5, 5.41) is 9.28. The summed E-state index contributed by atoms with van der Waals surface area (Å²) in [6.07, 6.45) is 17.2. The molecule has 2 aliphatic carbocycles. The van der Waals surface area contributed by atoms with E-state index in [9.17, 15) is 10.1 Å². The van der Waals surface area contributed by atoms with Gasteiger partial charge < -0.3 is 19.3 Å². The number of hydrogen-bond donors (Lipinski definition) is 2. The number of ether oxygens (including phenoxy) is 1. The van der Waals surface area contributed by atoms with Crippen LogP contribution in [-0.2, 0) is 9.53 Å². The van der Waals surface area contributed by atoms with E-state index >= 15 is 0 Å². The number of H-pyrrole nitrogens is 1. The van der Waals surface area contributed by atoms with Crippen molar-refractivity contribution in [2.24, 2.45) is 0 Å². The highest BCUT2D eigenvalue weighted by Crippen LogP contribution is 2.29. The lowest BCUT2D eigenvalue weighted by Gasteiger charge is -2.27. The molecular weight excluding hydrogens is 384 g/mol. The third-order valence-corrected chi connectivity index (χ3v) is 5.86. The Labute approximate surface area is 174 Å². The summed E-state index contributed by atoms with van der Waals surface area (Å²) < 4.78 is 8.74. The molecule has 0 saturated carbocycles. The summed E-state index contributed by atoms with van der Waals surface area (Å²) in [5.74, 6) is 0.0646. The van der Waals surface area contributed by atoms with Crippen molar-refractivity contribution in [2.75, 3.05) is 26.3 Å². The molecule has 0 bridgehead atoms. The topological polar surface area (TPSA) is 81.2 Å². The number of nitrogens with one attached hydrogen (secondary N) is 2. The molecule has 0 spiro atoms. The highest BCUT2D eigenvalue weighted by Gasteiger charge is 2.20. The van der Waals surface area contributed by atoms with E-state index in [-0.39, 0.29) is 5.91 Å². The van der Waals surface area contributed by atoms with Gasteiger partial charge in [-0.15, -0.1) is 0 Å². The zero-order chi connectivity index (χ0) is 20.1. The van der Waals surface area contributed by atoms with Gasteiger partial charge in [0.2, 0.25) is 0 Å². The SMILES string of the molecule is N#Cc1c[nH]c2c1C=CCC=C2NSC1=CC=CC(C(=O)N2CCOCC2)=CC1. The highest BCUT2D eigenvalue weighted by molar-refractivity contribution is 8.01. The summed E-state index contributed by atoms with van der Waals surface area (Å²) in [7, 11) is 0. The van der Waals surface area contributed by atoms with Gasteiger partial charge in [0.15, 0.2) is 0 Å². The van der Waals surface area contributed by atoms with E-state index in [1.54, 1.807) is 6.20 Å². The Balaban J connectivity index is 1.40. The minimum atomic E-state index is 0.0646. The lowest BCUT2D eigenvalue weighted by Crippen LogP contribution is -2.41. The van der Waals surface area contributed by atoms with E-state index in [2.05, 4.69) is 21.9 Å². The Morgan fingerprint density at radius 3 is 2.97 bits per heavy atom. The summed E-state index contributed by atoms with van der Waals surface area (Å²) in [6, 6.07) is 2.22. The number of fused-ring (bicyclic) bond motifs is 1. The number of morpholine rings is 1. The zero-order valence-corrected chi connectivity index (χ0v) is 16.8. The molecule has 4 rings (SSSR count). The minimum Gasteiger partial charge on any atom is -0.378 e. The van der Waals surface area contributed by atoms with E-state index in [0.29, 0.717) is 38.3 Å². The molecule has 1 saturated heterocycles. The van der Waals surface area contributed by atoms with Crippen molar-refractivity contribution in [3.05, 3.63) is 70.0 Å². The molecule has 2 N–H and O–H groups in total. The van der Waals surface area contributed by atoms with Crippen LogP contribution in [0, 0.1) is 11.3 Å². The average Bonchev–Trinajstić information content (AvgIpc) is 2.91. The summed E-state index contributed by atoms with van der Waals surface area (Å²) in [6.45, 7) is 2.49. The fourth-order valence-electron chi connectivity index (χ4n) is 3.40. The highest BCUT2D eigenvalue weighted by atomic mass is 32.2. The predicted octanol–water partition coefficient (Wildman–Crippen LogP) is 3.51. The number of aromatic nitrogens is 1. The molecule has 0 aromatic carbocycles. The molecule has 148 valence electrons. The number of amides is 1. The molecule has 1 amide bonds. The third-order valence-electron chi connectivity index (χ3n) is 4.97. The Morgan fingerprint density at radius 1 is 1.28 bits per heavy atom. The van der Waals surface area contributed by atoms with E-state index in [1.165, 1.54) is 11.9 Å². The number of aromatic amines is 1. The molecule has 7 heteroatoms. The van der Waals surface area contributed by atoms with Gasteiger partial charge in [-0.2, -0.15) is 5.26 Å². The van der Waals surface area contributed by atoms with Crippen LogP contribution < -0.4 is 4.72 Å². The molecule has 2 heterocycles. The largest absolute Gasteiger partial charge is 0.378 e. The molecule has 1 aliphatic heterocycles. The zero-order valence-electron chi connectivity index (χ0n) is 16.0. The van der Waals surface area contributed by atoms with Crippen LogP contribution in [-0.4, -0.2) is 42.1 Å². The molecule has 1 fully saturated rings. The standard InChI is InChI=1S/C22H22N4O2S/c23-14-17-15-24-21-19(17)6-1-2-7-20(21)25-29-18-5-3-4-16(8-9-18)22(27)26-10-12-28-13-11-26/h1,3-8,15,24-25H,2,9-13H2. The first-order chi connectivity index (χ1) is 14.3. The van der Waals surface area contributed by atoms with Gasteiger partial charge in [-0.25, -0.2) is 0 Å². The number of nitrogens with zero attached hydrogens (tertiary/aromatic N) is 2. The van der Waals surface area contributed by atoms with Crippen LogP contribution in [0.15, 0.2) is 53.1 Å². The number of carbonyl (C=O) groups is 1. The quantitative estimate of drug-likeness (QED) is 0.748. The first-order valence-corrected chi connectivity index (χ1v) is 10.4. The second-order valence-corrected chi connectivity index (χ2v) is 7.76. The number of rotatable bonds is 4. The maximum absolute atomic E-state index is 12.7. The van der Waals surface area contributed by atoms with Gasteiger partial charge in [0, 0.05) is 35.3 Å². The second kappa shape index (κ2) is 9.03. The Bertz CT molecular complexity index is 985. The summed E-state index contributed by atoms with van der Waals surface area (Å²) >= 11 is 1.53. The molecule has 0 unspecified atom stereocenters. The molecule has 29 heavy (non-hydrogen) atoms. The lowest BCUT2D eigenvalue weighted by molar-refractivity contribution is -0.130. The molecule has 0 radical (unpaired) electrons. The Hall–Kier alpha value is -2.95. The van der Waals surface area contributed by atoms with Crippen molar-refractivity contribution in [3.63, 3.8) is 0 Å². The normalized spacial score (nSPS) is 18.6. The first kappa shape index (κ1) is 19.4.